The van der Waals surface area contributed by atoms with Gasteiger partial charge in [0.15, 0.2) is 0 Å². The largest absolute Gasteiger partial charge is 0.496 e. The van der Waals surface area contributed by atoms with Gasteiger partial charge in [-0.15, -0.1) is 0 Å². The first-order valence-corrected chi connectivity index (χ1v) is 4.56. The number of ether oxygens (including phenoxy) is 1. The van der Waals surface area contributed by atoms with Crippen molar-refractivity contribution in [1.29, 1.82) is 0 Å². The molecular formula is C10H10N4O2. The van der Waals surface area contributed by atoms with Gasteiger partial charge >= 0.3 is 0 Å². The summed E-state index contributed by atoms with van der Waals surface area (Å²) in [5.41, 5.74) is 6.57. The van der Waals surface area contributed by atoms with Crippen LogP contribution >= 0.6 is 0 Å². The highest BCUT2D eigenvalue weighted by atomic mass is 16.5. The fourth-order valence-corrected chi connectivity index (χ4v) is 1.46. The fraction of sp³-hybridized carbons (Fsp3) is 0.100. The summed E-state index contributed by atoms with van der Waals surface area (Å²) in [6, 6.07) is 3.37. The quantitative estimate of drug-likeness (QED) is 0.787. The minimum atomic E-state index is -0.608. The molecule has 0 bridgehead atoms. The predicted octanol–water partition coefficient (Wildman–Crippen LogP) is 0.579. The Labute approximate surface area is 91.5 Å². The molecular weight excluding hydrogens is 208 g/mol. The summed E-state index contributed by atoms with van der Waals surface area (Å²) >= 11 is 0. The summed E-state index contributed by atoms with van der Waals surface area (Å²) in [5.74, 6) is -0.0865. The van der Waals surface area contributed by atoms with Crippen molar-refractivity contribution in [3.8, 4) is 17.0 Å². The number of aromatic amines is 1. The Morgan fingerprint density at radius 1 is 1.44 bits per heavy atom. The zero-order chi connectivity index (χ0) is 11.5. The minimum absolute atomic E-state index is 0.156. The lowest BCUT2D eigenvalue weighted by atomic mass is 10.1. The maximum Gasteiger partial charge on any atom is 0.268 e. The van der Waals surface area contributed by atoms with Crippen molar-refractivity contribution < 1.29 is 9.53 Å². The molecule has 0 aromatic carbocycles. The molecule has 0 aliphatic carbocycles. The molecule has 0 aliphatic heterocycles. The van der Waals surface area contributed by atoms with E-state index in [1.807, 2.05) is 0 Å². The van der Waals surface area contributed by atoms with E-state index in [0.717, 1.165) is 0 Å². The monoisotopic (exact) mass is 218 g/mol. The Bertz CT molecular complexity index is 508. The molecule has 6 heteroatoms. The number of carbonyl (C=O) groups excluding carboxylic acids is 1. The van der Waals surface area contributed by atoms with Gasteiger partial charge in [0.05, 0.1) is 18.4 Å². The highest BCUT2D eigenvalue weighted by molar-refractivity contribution is 5.98. The van der Waals surface area contributed by atoms with Gasteiger partial charge in [0, 0.05) is 12.4 Å². The Morgan fingerprint density at radius 2 is 2.25 bits per heavy atom. The van der Waals surface area contributed by atoms with Crippen LogP contribution in [0.15, 0.2) is 24.5 Å². The number of hydrogen-bond donors (Lipinski definition) is 2. The van der Waals surface area contributed by atoms with Crippen molar-refractivity contribution in [2.45, 2.75) is 0 Å². The number of nitrogens with two attached hydrogens (primary N) is 1. The average Bonchev–Trinajstić information content (AvgIpc) is 2.81. The average molecular weight is 218 g/mol. The van der Waals surface area contributed by atoms with Gasteiger partial charge < -0.3 is 10.5 Å². The number of rotatable bonds is 3. The molecule has 0 saturated carbocycles. The third kappa shape index (κ3) is 1.60. The van der Waals surface area contributed by atoms with E-state index in [4.69, 9.17) is 10.5 Å². The van der Waals surface area contributed by atoms with Crippen LogP contribution in [-0.2, 0) is 0 Å². The third-order valence-electron chi connectivity index (χ3n) is 2.14. The molecule has 2 aromatic rings. The summed E-state index contributed by atoms with van der Waals surface area (Å²) in [5, 5.41) is 6.56. The molecule has 16 heavy (non-hydrogen) atoms. The molecule has 0 fully saturated rings. The van der Waals surface area contributed by atoms with Gasteiger partial charge in [0.1, 0.15) is 11.4 Å². The maximum absolute atomic E-state index is 11.3. The summed E-state index contributed by atoms with van der Waals surface area (Å²) in [4.78, 5) is 15.2. The van der Waals surface area contributed by atoms with Crippen LogP contribution in [-0.4, -0.2) is 28.2 Å². The van der Waals surface area contributed by atoms with Crippen molar-refractivity contribution in [3.05, 3.63) is 30.2 Å². The Balaban J connectivity index is 2.68. The first kappa shape index (κ1) is 10.2. The van der Waals surface area contributed by atoms with Crippen LogP contribution in [0.1, 0.15) is 10.5 Å². The van der Waals surface area contributed by atoms with E-state index in [2.05, 4.69) is 15.2 Å². The van der Waals surface area contributed by atoms with Gasteiger partial charge in [-0.3, -0.25) is 14.9 Å². The van der Waals surface area contributed by atoms with E-state index >= 15 is 0 Å². The zero-order valence-electron chi connectivity index (χ0n) is 8.60. The Morgan fingerprint density at radius 3 is 2.81 bits per heavy atom. The number of carbonyl (C=O) groups is 1. The van der Waals surface area contributed by atoms with Crippen molar-refractivity contribution in [3.63, 3.8) is 0 Å². The van der Waals surface area contributed by atoms with E-state index in [0.29, 0.717) is 17.0 Å². The lowest BCUT2D eigenvalue weighted by Crippen LogP contribution is -2.15. The topological polar surface area (TPSA) is 93.9 Å². The number of aromatic nitrogens is 3. The molecule has 3 N–H and O–H groups in total. The number of amides is 1. The van der Waals surface area contributed by atoms with Gasteiger partial charge in [-0.05, 0) is 12.1 Å². The number of pyridine rings is 1. The number of hydrogen-bond acceptors (Lipinski definition) is 4. The highest BCUT2D eigenvalue weighted by Gasteiger charge is 2.17. The number of methoxy groups -OCH3 is 1. The van der Waals surface area contributed by atoms with E-state index < -0.39 is 5.91 Å². The molecule has 0 radical (unpaired) electrons. The van der Waals surface area contributed by atoms with Crippen LogP contribution in [0, 0.1) is 0 Å². The Kier molecular flexibility index (Phi) is 2.55. The van der Waals surface area contributed by atoms with Crippen LogP contribution in [0.3, 0.4) is 0 Å². The van der Waals surface area contributed by atoms with Crippen molar-refractivity contribution >= 4 is 5.91 Å². The van der Waals surface area contributed by atoms with Crippen molar-refractivity contribution in [2.75, 3.05) is 7.11 Å². The van der Waals surface area contributed by atoms with Crippen LogP contribution < -0.4 is 10.5 Å². The van der Waals surface area contributed by atoms with Crippen LogP contribution in [0.5, 0.6) is 5.75 Å². The van der Waals surface area contributed by atoms with Crippen LogP contribution in [0.2, 0.25) is 0 Å². The molecule has 2 aromatic heterocycles. The fourth-order valence-electron chi connectivity index (χ4n) is 1.46. The van der Waals surface area contributed by atoms with Gasteiger partial charge in [-0.1, -0.05) is 0 Å². The molecule has 2 heterocycles. The lowest BCUT2D eigenvalue weighted by molar-refractivity contribution is 0.0996. The Hall–Kier alpha value is -2.37. The van der Waals surface area contributed by atoms with E-state index in [-0.39, 0.29) is 5.69 Å². The van der Waals surface area contributed by atoms with Crippen molar-refractivity contribution in [1.82, 2.24) is 15.2 Å². The van der Waals surface area contributed by atoms with Crippen LogP contribution in [0.25, 0.3) is 11.3 Å². The smallest absolute Gasteiger partial charge is 0.268 e. The lowest BCUT2D eigenvalue weighted by Gasteiger charge is -2.08. The summed E-state index contributed by atoms with van der Waals surface area (Å²) in [7, 11) is 1.51. The second-order valence-corrected chi connectivity index (χ2v) is 3.07. The molecule has 0 aliphatic rings. The van der Waals surface area contributed by atoms with Crippen LogP contribution in [0.4, 0.5) is 0 Å². The minimum Gasteiger partial charge on any atom is -0.496 e. The molecule has 6 nitrogen and oxygen atoms in total. The zero-order valence-corrected chi connectivity index (χ0v) is 8.60. The standard InChI is InChI=1S/C10H10N4O2/c1-16-7-3-4-12-9(10(11)15)8(7)6-2-5-13-14-6/h2-5H,1H3,(H2,11,15)(H,13,14). The normalized spacial score (nSPS) is 10.1. The van der Waals surface area contributed by atoms with E-state index in [9.17, 15) is 4.79 Å². The van der Waals surface area contributed by atoms with Crippen molar-refractivity contribution in [2.24, 2.45) is 5.73 Å². The summed E-state index contributed by atoms with van der Waals surface area (Å²) in [6.07, 6.45) is 3.05. The summed E-state index contributed by atoms with van der Waals surface area (Å²) in [6.45, 7) is 0. The molecule has 1 amide bonds. The first-order chi connectivity index (χ1) is 7.74. The first-order valence-electron chi connectivity index (χ1n) is 4.56. The van der Waals surface area contributed by atoms with E-state index in [1.54, 1.807) is 18.3 Å². The number of nitrogens with zero attached hydrogens (tertiary/aromatic N) is 2. The second-order valence-electron chi connectivity index (χ2n) is 3.07. The number of H-pyrrole nitrogens is 1. The molecule has 0 unspecified atom stereocenters. The predicted molar refractivity (Wildman–Crippen MR) is 56.9 cm³/mol. The van der Waals surface area contributed by atoms with Gasteiger partial charge in [0.25, 0.3) is 5.91 Å². The number of primary amides is 1. The van der Waals surface area contributed by atoms with E-state index in [1.165, 1.54) is 13.3 Å². The molecule has 2 rings (SSSR count). The molecule has 0 spiro atoms. The van der Waals surface area contributed by atoms with Gasteiger partial charge in [0.2, 0.25) is 0 Å². The maximum atomic E-state index is 11.3. The summed E-state index contributed by atoms with van der Waals surface area (Å²) < 4.78 is 5.16. The van der Waals surface area contributed by atoms with Gasteiger partial charge in [-0.25, -0.2) is 0 Å². The third-order valence-corrected chi connectivity index (χ3v) is 2.14. The molecule has 0 saturated heterocycles. The molecule has 82 valence electrons. The van der Waals surface area contributed by atoms with Gasteiger partial charge in [-0.2, -0.15) is 5.10 Å². The highest BCUT2D eigenvalue weighted by Crippen LogP contribution is 2.30. The number of nitrogens with one attached hydrogen (secondary N) is 1. The SMILES string of the molecule is COc1ccnc(C(N)=O)c1-c1ccn[nH]1. The second kappa shape index (κ2) is 4.01. The molecule has 0 atom stereocenters.